The molecule has 0 N–H and O–H groups in total. The maximum Gasteiger partial charge on any atom is 0.351 e. The number of carbonyl (C=O) groups excluding carboxylic acids is 2. The average molecular weight is 241 g/mol. The van der Waals surface area contributed by atoms with Crippen LogP contribution >= 0.6 is 11.3 Å². The van der Waals surface area contributed by atoms with Crippen molar-refractivity contribution >= 4 is 23.3 Å². The van der Waals surface area contributed by atoms with Gasteiger partial charge in [-0.25, -0.2) is 14.6 Å². The van der Waals surface area contributed by atoms with E-state index >= 15 is 0 Å². The Morgan fingerprint density at radius 1 is 1.56 bits per heavy atom. The first-order valence-corrected chi connectivity index (χ1v) is 5.71. The summed E-state index contributed by atoms with van der Waals surface area (Å²) in [5, 5.41) is 0.804. The van der Waals surface area contributed by atoms with Crippen LogP contribution in [-0.4, -0.2) is 29.6 Å². The Morgan fingerprint density at radius 2 is 2.31 bits per heavy atom. The van der Waals surface area contributed by atoms with Gasteiger partial charge in [0, 0.05) is 6.42 Å². The molecule has 86 valence electrons. The van der Waals surface area contributed by atoms with Crippen molar-refractivity contribution in [2.75, 3.05) is 6.61 Å². The third-order valence-corrected chi connectivity index (χ3v) is 3.28. The van der Waals surface area contributed by atoms with E-state index in [4.69, 9.17) is 9.47 Å². The fraction of sp³-hybridized carbons (Fsp3) is 0.500. The largest absolute Gasteiger partial charge is 0.463 e. The molecule has 1 aromatic heterocycles. The maximum atomic E-state index is 11.7. The summed E-state index contributed by atoms with van der Waals surface area (Å²) in [6.45, 7) is 3.88. The molecule has 5 nitrogen and oxygen atoms in total. The molecule has 0 aliphatic carbocycles. The molecule has 1 aliphatic rings. The Hall–Kier alpha value is -1.43. The second-order valence-corrected chi connectivity index (χ2v) is 4.70. The summed E-state index contributed by atoms with van der Waals surface area (Å²) in [4.78, 5) is 27.4. The number of thiazole rings is 1. The first-order chi connectivity index (χ1) is 7.58. The number of hydrogen-bond donors (Lipinski definition) is 0. The molecule has 0 saturated carbocycles. The number of hydrogen-bond acceptors (Lipinski definition) is 6. The highest BCUT2D eigenvalue weighted by molar-refractivity contribution is 7.13. The monoisotopic (exact) mass is 241 g/mol. The molecule has 2 heterocycles. The van der Waals surface area contributed by atoms with Gasteiger partial charge in [-0.05, 0) is 13.8 Å². The van der Waals surface area contributed by atoms with Crippen molar-refractivity contribution in [3.05, 3.63) is 15.6 Å². The summed E-state index contributed by atoms with van der Waals surface area (Å²) in [5.41, 5.74) is 0.638. The maximum absolute atomic E-state index is 11.7. The van der Waals surface area contributed by atoms with Crippen molar-refractivity contribution in [3.63, 3.8) is 0 Å². The van der Waals surface area contributed by atoms with E-state index in [-0.39, 0.29) is 0 Å². The van der Waals surface area contributed by atoms with Gasteiger partial charge in [0.05, 0.1) is 17.3 Å². The topological polar surface area (TPSA) is 65.5 Å². The molecule has 0 amide bonds. The highest BCUT2D eigenvalue weighted by Crippen LogP contribution is 2.20. The van der Waals surface area contributed by atoms with Gasteiger partial charge in [0.2, 0.25) is 6.10 Å². The number of nitrogens with zero attached hydrogens (tertiary/aromatic N) is 1. The van der Waals surface area contributed by atoms with Crippen molar-refractivity contribution in [3.8, 4) is 0 Å². The molecule has 1 aromatic rings. The molecule has 1 saturated heterocycles. The Labute approximate surface area is 96.4 Å². The first-order valence-electron chi connectivity index (χ1n) is 4.89. The Kier molecular flexibility index (Phi) is 2.91. The third-order valence-electron chi connectivity index (χ3n) is 2.23. The number of rotatable bonds is 2. The minimum absolute atomic E-state index is 0.317. The number of esters is 2. The van der Waals surface area contributed by atoms with Gasteiger partial charge < -0.3 is 9.47 Å². The molecule has 0 radical (unpaired) electrons. The first kappa shape index (κ1) is 11.1. The normalized spacial score (nSPS) is 19.6. The lowest BCUT2D eigenvalue weighted by atomic mass is 10.3. The van der Waals surface area contributed by atoms with Crippen molar-refractivity contribution < 1.29 is 19.1 Å². The lowest BCUT2D eigenvalue weighted by Crippen LogP contribution is -2.22. The molecule has 2 rings (SSSR count). The molecule has 6 heteroatoms. The van der Waals surface area contributed by atoms with Crippen LogP contribution in [0.1, 0.15) is 26.8 Å². The van der Waals surface area contributed by atoms with Crippen molar-refractivity contribution in [1.82, 2.24) is 4.98 Å². The van der Waals surface area contributed by atoms with E-state index in [1.807, 2.05) is 6.92 Å². The SMILES string of the molecule is Cc1nc(C)c(C(=O)O[C@@H]2CCOC2=O)s1. The zero-order valence-electron chi connectivity index (χ0n) is 8.98. The Bertz CT molecular complexity index is 440. The van der Waals surface area contributed by atoms with E-state index in [0.29, 0.717) is 23.6 Å². The molecule has 16 heavy (non-hydrogen) atoms. The Balaban J connectivity index is 2.08. The summed E-state index contributed by atoms with van der Waals surface area (Å²) in [6, 6.07) is 0. The molecular formula is C10H11NO4S. The summed E-state index contributed by atoms with van der Waals surface area (Å²) >= 11 is 1.27. The van der Waals surface area contributed by atoms with E-state index in [2.05, 4.69) is 4.98 Å². The number of cyclic esters (lactones) is 1. The minimum Gasteiger partial charge on any atom is -0.463 e. The molecule has 1 atom stereocenters. The standard InChI is InChI=1S/C10H11NO4S/c1-5-8(16-6(2)11-5)10(13)15-7-3-4-14-9(7)12/h7H,3-4H2,1-2H3/t7-/m1/s1. The van der Waals surface area contributed by atoms with E-state index in [1.54, 1.807) is 6.92 Å². The van der Waals surface area contributed by atoms with Crippen LogP contribution in [0.3, 0.4) is 0 Å². The molecule has 1 aliphatic heterocycles. The van der Waals surface area contributed by atoms with Crippen LogP contribution in [0.5, 0.6) is 0 Å². The van der Waals surface area contributed by atoms with Gasteiger partial charge in [-0.2, -0.15) is 0 Å². The molecule has 0 aromatic carbocycles. The van der Waals surface area contributed by atoms with Crippen LogP contribution in [0.4, 0.5) is 0 Å². The van der Waals surface area contributed by atoms with Gasteiger partial charge >= 0.3 is 11.9 Å². The van der Waals surface area contributed by atoms with Gasteiger partial charge in [-0.3, -0.25) is 0 Å². The fourth-order valence-electron chi connectivity index (χ4n) is 1.49. The van der Waals surface area contributed by atoms with Gasteiger partial charge in [-0.1, -0.05) is 0 Å². The van der Waals surface area contributed by atoms with E-state index in [1.165, 1.54) is 11.3 Å². The zero-order chi connectivity index (χ0) is 11.7. The molecule has 1 fully saturated rings. The number of aromatic nitrogens is 1. The van der Waals surface area contributed by atoms with E-state index in [9.17, 15) is 9.59 Å². The van der Waals surface area contributed by atoms with Crippen molar-refractivity contribution in [1.29, 1.82) is 0 Å². The molecule has 0 spiro atoms. The fourth-order valence-corrected chi connectivity index (χ4v) is 2.29. The molecule has 0 bridgehead atoms. The van der Waals surface area contributed by atoms with Gasteiger partial charge in [0.1, 0.15) is 4.88 Å². The highest BCUT2D eigenvalue weighted by atomic mass is 32.1. The quantitative estimate of drug-likeness (QED) is 0.729. The van der Waals surface area contributed by atoms with Crippen LogP contribution in [0.15, 0.2) is 0 Å². The summed E-state index contributed by atoms with van der Waals surface area (Å²) in [7, 11) is 0. The van der Waals surface area contributed by atoms with E-state index < -0.39 is 18.0 Å². The zero-order valence-corrected chi connectivity index (χ0v) is 9.80. The predicted octanol–water partition coefficient (Wildman–Crippen LogP) is 1.23. The van der Waals surface area contributed by atoms with Crippen LogP contribution in [0.25, 0.3) is 0 Å². The highest BCUT2D eigenvalue weighted by Gasteiger charge is 2.31. The number of carbonyl (C=O) groups is 2. The predicted molar refractivity (Wildman–Crippen MR) is 56.4 cm³/mol. The summed E-state index contributed by atoms with van der Waals surface area (Å²) in [6.07, 6.45) is -0.323. The number of aryl methyl sites for hydroxylation is 2. The minimum atomic E-state index is -0.755. The molecular weight excluding hydrogens is 230 g/mol. The Morgan fingerprint density at radius 3 is 2.81 bits per heavy atom. The lowest BCUT2D eigenvalue weighted by molar-refractivity contribution is -0.145. The number of ether oxygens (including phenoxy) is 2. The van der Waals surface area contributed by atoms with Gasteiger partial charge in [0.25, 0.3) is 0 Å². The average Bonchev–Trinajstić information content (AvgIpc) is 2.74. The lowest BCUT2D eigenvalue weighted by Gasteiger charge is -2.06. The van der Waals surface area contributed by atoms with Crippen LogP contribution in [-0.2, 0) is 14.3 Å². The van der Waals surface area contributed by atoms with Crippen LogP contribution < -0.4 is 0 Å². The third kappa shape index (κ3) is 2.06. The molecule has 0 unspecified atom stereocenters. The van der Waals surface area contributed by atoms with Gasteiger partial charge in [-0.15, -0.1) is 11.3 Å². The van der Waals surface area contributed by atoms with Crippen LogP contribution in [0.2, 0.25) is 0 Å². The summed E-state index contributed by atoms with van der Waals surface area (Å²) < 4.78 is 9.77. The van der Waals surface area contributed by atoms with Crippen molar-refractivity contribution in [2.24, 2.45) is 0 Å². The van der Waals surface area contributed by atoms with Crippen molar-refractivity contribution in [2.45, 2.75) is 26.4 Å². The van der Waals surface area contributed by atoms with Crippen LogP contribution in [0, 0.1) is 13.8 Å². The van der Waals surface area contributed by atoms with E-state index in [0.717, 1.165) is 5.01 Å². The van der Waals surface area contributed by atoms with Gasteiger partial charge in [0.15, 0.2) is 0 Å². The smallest absolute Gasteiger partial charge is 0.351 e. The second kappa shape index (κ2) is 4.21. The summed E-state index contributed by atoms with van der Waals surface area (Å²) in [5.74, 6) is -0.959. The second-order valence-electron chi connectivity index (χ2n) is 3.50.